The zero-order chi connectivity index (χ0) is 14.5. The molecule has 1 aromatic heterocycles. The predicted molar refractivity (Wildman–Crippen MR) is 85.7 cm³/mol. The van der Waals surface area contributed by atoms with Gasteiger partial charge in [-0.1, -0.05) is 33.6 Å². The highest BCUT2D eigenvalue weighted by Crippen LogP contribution is 2.27. The van der Waals surface area contributed by atoms with Gasteiger partial charge in [0.2, 0.25) is 0 Å². The van der Waals surface area contributed by atoms with Crippen molar-refractivity contribution in [2.75, 3.05) is 13.6 Å². The number of nitrogens with zero attached hydrogens (tertiary/aromatic N) is 1. The summed E-state index contributed by atoms with van der Waals surface area (Å²) in [4.78, 5) is 2.22. The summed E-state index contributed by atoms with van der Waals surface area (Å²) in [7, 11) is 2.07. The van der Waals surface area contributed by atoms with E-state index in [0.29, 0.717) is 5.02 Å². The fourth-order valence-corrected chi connectivity index (χ4v) is 2.90. The van der Waals surface area contributed by atoms with Crippen molar-refractivity contribution in [1.29, 1.82) is 0 Å². The molecule has 108 valence electrons. The van der Waals surface area contributed by atoms with Crippen molar-refractivity contribution in [3.63, 3.8) is 0 Å². The van der Waals surface area contributed by atoms with E-state index >= 15 is 0 Å². The van der Waals surface area contributed by atoms with Gasteiger partial charge in [-0.3, -0.25) is 0 Å². The Balaban J connectivity index is 1.86. The first-order chi connectivity index (χ1) is 9.56. The highest BCUT2D eigenvalue weighted by molar-refractivity contribution is 9.10. The van der Waals surface area contributed by atoms with Crippen LogP contribution in [-0.2, 0) is 6.54 Å². The Bertz CT molecular complexity index is 545. The molecule has 3 nitrogen and oxygen atoms in total. The van der Waals surface area contributed by atoms with E-state index in [1.54, 1.807) is 12.5 Å². The van der Waals surface area contributed by atoms with E-state index in [0.717, 1.165) is 29.5 Å². The maximum atomic E-state index is 6.22. The molecule has 0 saturated heterocycles. The summed E-state index contributed by atoms with van der Waals surface area (Å²) in [5.41, 5.74) is 8.38. The molecule has 0 aliphatic heterocycles. The van der Waals surface area contributed by atoms with E-state index in [9.17, 15) is 0 Å². The fourth-order valence-electron chi connectivity index (χ4n) is 2.09. The Morgan fingerprint density at radius 1 is 1.40 bits per heavy atom. The molecule has 1 aromatic carbocycles. The van der Waals surface area contributed by atoms with Gasteiger partial charge in [-0.05, 0) is 43.8 Å². The van der Waals surface area contributed by atoms with Gasteiger partial charge in [0.25, 0.3) is 0 Å². The summed E-state index contributed by atoms with van der Waals surface area (Å²) >= 11 is 9.62. The molecule has 0 fully saturated rings. The van der Waals surface area contributed by atoms with Gasteiger partial charge in [0.15, 0.2) is 0 Å². The van der Waals surface area contributed by atoms with Crippen LogP contribution in [0.2, 0.25) is 5.02 Å². The molecule has 2 N–H and O–H groups in total. The second-order valence-electron chi connectivity index (χ2n) is 4.93. The van der Waals surface area contributed by atoms with Crippen LogP contribution in [0, 0.1) is 0 Å². The van der Waals surface area contributed by atoms with Gasteiger partial charge in [-0.15, -0.1) is 0 Å². The first-order valence-corrected chi connectivity index (χ1v) is 7.63. The number of rotatable bonds is 6. The number of hydrogen-bond donors (Lipinski definition) is 1. The molecule has 5 heteroatoms. The smallest absolute Gasteiger partial charge is 0.0947 e. The average Bonchev–Trinajstić information content (AvgIpc) is 2.89. The van der Waals surface area contributed by atoms with E-state index in [4.69, 9.17) is 21.8 Å². The molecule has 20 heavy (non-hydrogen) atoms. The summed E-state index contributed by atoms with van der Waals surface area (Å²) in [6, 6.07) is 7.75. The van der Waals surface area contributed by atoms with Crippen molar-refractivity contribution in [2.24, 2.45) is 5.73 Å². The monoisotopic (exact) mass is 356 g/mol. The van der Waals surface area contributed by atoms with Crippen molar-refractivity contribution in [3.8, 4) is 0 Å². The third kappa shape index (κ3) is 4.35. The van der Waals surface area contributed by atoms with Crippen molar-refractivity contribution in [2.45, 2.75) is 19.0 Å². The minimum absolute atomic E-state index is 0.0533. The molecular formula is C15H18BrClN2O. The van der Waals surface area contributed by atoms with Crippen LogP contribution in [-0.4, -0.2) is 18.5 Å². The number of halogens is 2. The van der Waals surface area contributed by atoms with Gasteiger partial charge in [0.05, 0.1) is 12.5 Å². The molecule has 0 radical (unpaired) electrons. The molecule has 1 atom stereocenters. The molecule has 1 heterocycles. The summed E-state index contributed by atoms with van der Waals surface area (Å²) in [5.74, 6) is 0. The molecule has 0 amide bonds. The zero-order valence-corrected chi connectivity index (χ0v) is 13.7. The predicted octanol–water partition coefficient (Wildman–Crippen LogP) is 4.22. The molecule has 1 unspecified atom stereocenters. The van der Waals surface area contributed by atoms with Crippen molar-refractivity contribution in [3.05, 3.63) is 57.4 Å². The first kappa shape index (κ1) is 15.6. The fraction of sp³-hybridized carbons (Fsp3) is 0.333. The lowest BCUT2D eigenvalue weighted by Crippen LogP contribution is -2.23. The molecule has 2 rings (SSSR count). The number of nitrogens with two attached hydrogens (primary N) is 1. The summed E-state index contributed by atoms with van der Waals surface area (Å²) < 4.78 is 6.03. The molecule has 2 aromatic rings. The molecule has 0 saturated carbocycles. The Labute approximate surface area is 132 Å². The van der Waals surface area contributed by atoms with Gasteiger partial charge in [0.1, 0.15) is 0 Å². The van der Waals surface area contributed by atoms with E-state index in [1.807, 2.05) is 24.3 Å². The quantitative estimate of drug-likeness (QED) is 0.842. The minimum atomic E-state index is -0.0533. The molecular weight excluding hydrogens is 340 g/mol. The van der Waals surface area contributed by atoms with Gasteiger partial charge in [0, 0.05) is 27.6 Å². The van der Waals surface area contributed by atoms with E-state index < -0.39 is 0 Å². The highest BCUT2D eigenvalue weighted by Gasteiger charge is 2.12. The summed E-state index contributed by atoms with van der Waals surface area (Å²) in [5, 5.41) is 0.712. The van der Waals surface area contributed by atoms with Crippen molar-refractivity contribution < 1.29 is 4.42 Å². The van der Waals surface area contributed by atoms with Crippen LogP contribution in [0.1, 0.15) is 23.6 Å². The Hall–Kier alpha value is -0.810. The number of benzene rings is 1. The third-order valence-electron chi connectivity index (χ3n) is 3.22. The minimum Gasteiger partial charge on any atom is -0.472 e. The van der Waals surface area contributed by atoms with Crippen LogP contribution in [0.4, 0.5) is 0 Å². The van der Waals surface area contributed by atoms with Crippen LogP contribution in [0.25, 0.3) is 0 Å². The summed E-state index contributed by atoms with van der Waals surface area (Å²) in [6.07, 6.45) is 4.31. The van der Waals surface area contributed by atoms with Crippen LogP contribution in [0.5, 0.6) is 0 Å². The number of furan rings is 1. The van der Waals surface area contributed by atoms with Crippen LogP contribution in [0.3, 0.4) is 0 Å². The third-order valence-corrected chi connectivity index (χ3v) is 4.04. The molecule has 0 aliphatic carbocycles. The molecule has 0 aliphatic rings. The standard InChI is InChI=1S/C15H18BrClN2O/c1-19(9-11-5-7-20-10-11)6-4-15(18)13-3-2-12(16)8-14(13)17/h2-3,5,7-8,10,15H,4,6,9,18H2,1H3. The lowest BCUT2D eigenvalue weighted by Gasteiger charge is -2.19. The maximum Gasteiger partial charge on any atom is 0.0947 e. The van der Waals surface area contributed by atoms with Crippen molar-refractivity contribution >= 4 is 27.5 Å². The van der Waals surface area contributed by atoms with Crippen LogP contribution >= 0.6 is 27.5 Å². The van der Waals surface area contributed by atoms with Gasteiger partial charge < -0.3 is 15.1 Å². The second kappa shape index (κ2) is 7.27. The maximum absolute atomic E-state index is 6.22. The van der Waals surface area contributed by atoms with Crippen LogP contribution in [0.15, 0.2) is 45.7 Å². The molecule has 0 bridgehead atoms. The Kier molecular flexibility index (Phi) is 5.66. The van der Waals surface area contributed by atoms with Gasteiger partial charge >= 0.3 is 0 Å². The second-order valence-corrected chi connectivity index (χ2v) is 6.25. The highest BCUT2D eigenvalue weighted by atomic mass is 79.9. The zero-order valence-electron chi connectivity index (χ0n) is 11.4. The lowest BCUT2D eigenvalue weighted by atomic mass is 10.0. The van der Waals surface area contributed by atoms with E-state index in [1.165, 1.54) is 5.56 Å². The SMILES string of the molecule is CN(CCC(N)c1ccc(Br)cc1Cl)Cc1ccoc1. The van der Waals surface area contributed by atoms with E-state index in [-0.39, 0.29) is 6.04 Å². The molecule has 0 spiro atoms. The van der Waals surface area contributed by atoms with Gasteiger partial charge in [-0.2, -0.15) is 0 Å². The van der Waals surface area contributed by atoms with E-state index in [2.05, 4.69) is 27.9 Å². The summed E-state index contributed by atoms with van der Waals surface area (Å²) in [6.45, 7) is 1.76. The average molecular weight is 358 g/mol. The largest absolute Gasteiger partial charge is 0.472 e. The normalized spacial score (nSPS) is 12.8. The lowest BCUT2D eigenvalue weighted by molar-refractivity contribution is 0.310. The van der Waals surface area contributed by atoms with Crippen molar-refractivity contribution in [1.82, 2.24) is 4.90 Å². The van der Waals surface area contributed by atoms with Gasteiger partial charge in [-0.25, -0.2) is 0 Å². The topological polar surface area (TPSA) is 42.4 Å². The van der Waals surface area contributed by atoms with Crippen LogP contribution < -0.4 is 5.73 Å². The Morgan fingerprint density at radius 2 is 2.20 bits per heavy atom. The number of hydrogen-bond acceptors (Lipinski definition) is 3. The first-order valence-electron chi connectivity index (χ1n) is 6.46. The Morgan fingerprint density at radius 3 is 2.85 bits per heavy atom.